The molecule has 9 heteroatoms. The smallest absolute Gasteiger partial charge is 0.231 e. The largest absolute Gasteiger partial charge is 0.454 e. The van der Waals surface area contributed by atoms with Crippen molar-refractivity contribution in [3.63, 3.8) is 0 Å². The number of carbonyl (C=O) groups is 1. The molecule has 0 saturated carbocycles. The van der Waals surface area contributed by atoms with Crippen molar-refractivity contribution < 1.29 is 22.7 Å². The zero-order chi connectivity index (χ0) is 18.9. The topological polar surface area (TPSA) is 94.6 Å². The number of benzene rings is 2. The molecule has 1 aromatic heterocycles. The third kappa shape index (κ3) is 3.88. The Morgan fingerprint density at radius 1 is 1.15 bits per heavy atom. The fourth-order valence-electron chi connectivity index (χ4n) is 2.72. The van der Waals surface area contributed by atoms with Gasteiger partial charge in [-0.15, -0.1) is 0 Å². The van der Waals surface area contributed by atoms with Crippen LogP contribution < -0.4 is 14.8 Å². The van der Waals surface area contributed by atoms with Crippen LogP contribution in [0.1, 0.15) is 12.8 Å². The maximum absolute atomic E-state index is 12.2. The number of amides is 1. The Morgan fingerprint density at radius 2 is 1.89 bits per heavy atom. The van der Waals surface area contributed by atoms with Gasteiger partial charge in [0.15, 0.2) is 26.5 Å². The van der Waals surface area contributed by atoms with Gasteiger partial charge in [0.05, 0.1) is 20.9 Å². The Balaban J connectivity index is 1.35. The van der Waals surface area contributed by atoms with Crippen molar-refractivity contribution in [3.8, 4) is 11.5 Å². The van der Waals surface area contributed by atoms with Gasteiger partial charge < -0.3 is 14.8 Å². The van der Waals surface area contributed by atoms with Crippen LogP contribution in [0.2, 0.25) is 0 Å². The maximum atomic E-state index is 12.2. The van der Waals surface area contributed by atoms with Crippen LogP contribution in [0.15, 0.2) is 47.4 Å². The van der Waals surface area contributed by atoms with Crippen molar-refractivity contribution in [2.45, 2.75) is 17.7 Å². The lowest BCUT2D eigenvalue weighted by Gasteiger charge is -2.04. The molecule has 0 aliphatic carbocycles. The molecule has 4 rings (SSSR count). The van der Waals surface area contributed by atoms with Crippen LogP contribution >= 0.6 is 11.3 Å². The van der Waals surface area contributed by atoms with E-state index in [1.54, 1.807) is 36.4 Å². The molecule has 0 unspecified atom stereocenters. The Hall–Kier alpha value is -2.65. The van der Waals surface area contributed by atoms with Crippen molar-refractivity contribution >= 4 is 42.4 Å². The molecule has 0 saturated heterocycles. The van der Waals surface area contributed by atoms with Crippen LogP contribution in [0.4, 0.5) is 5.13 Å². The number of aromatic nitrogens is 1. The molecule has 0 radical (unpaired) electrons. The van der Waals surface area contributed by atoms with Crippen LogP contribution in [0, 0.1) is 0 Å². The van der Waals surface area contributed by atoms with Gasteiger partial charge >= 0.3 is 0 Å². The summed E-state index contributed by atoms with van der Waals surface area (Å²) in [7, 11) is -3.38. The van der Waals surface area contributed by atoms with Gasteiger partial charge in [-0.05, 0) is 18.6 Å². The number of rotatable bonds is 6. The first-order chi connectivity index (χ1) is 13.0. The average Bonchev–Trinajstić information content (AvgIpc) is 3.25. The number of thiazole rings is 1. The highest BCUT2D eigenvalue weighted by Crippen LogP contribution is 2.38. The SMILES string of the molecule is O=C(CCCS(=O)(=O)c1ccccc1)Nc1nc2cc3c(cc2s1)OCO3. The van der Waals surface area contributed by atoms with Gasteiger partial charge in [-0.3, -0.25) is 4.79 Å². The number of carbonyl (C=O) groups excluding carboxylic acids is 1. The summed E-state index contributed by atoms with van der Waals surface area (Å²) in [5.74, 6) is 0.954. The number of fused-ring (bicyclic) bond motifs is 2. The Bertz CT molecular complexity index is 1050. The second-order valence-corrected chi connectivity index (χ2v) is 9.12. The summed E-state index contributed by atoms with van der Waals surface area (Å²) in [4.78, 5) is 16.8. The summed E-state index contributed by atoms with van der Waals surface area (Å²) in [6, 6.07) is 11.8. The second kappa shape index (κ2) is 7.16. The predicted molar refractivity (Wildman–Crippen MR) is 102 cm³/mol. The number of hydrogen-bond acceptors (Lipinski definition) is 7. The van der Waals surface area contributed by atoms with Gasteiger partial charge in [-0.25, -0.2) is 13.4 Å². The molecule has 2 aromatic carbocycles. The van der Waals surface area contributed by atoms with Crippen molar-refractivity contribution in [3.05, 3.63) is 42.5 Å². The summed E-state index contributed by atoms with van der Waals surface area (Å²) >= 11 is 1.33. The molecule has 1 aliphatic heterocycles. The van der Waals surface area contributed by atoms with Gasteiger partial charge in [0.2, 0.25) is 12.7 Å². The van der Waals surface area contributed by atoms with E-state index in [4.69, 9.17) is 9.47 Å². The molecule has 1 N–H and O–H groups in total. The number of anilines is 1. The van der Waals surface area contributed by atoms with Gasteiger partial charge in [0.1, 0.15) is 0 Å². The molecule has 140 valence electrons. The number of sulfone groups is 1. The predicted octanol–water partition coefficient (Wildman–Crippen LogP) is 3.22. The fraction of sp³-hybridized carbons (Fsp3) is 0.222. The minimum atomic E-state index is -3.38. The third-order valence-corrected chi connectivity index (χ3v) is 6.80. The summed E-state index contributed by atoms with van der Waals surface area (Å²) in [5, 5.41) is 3.19. The number of nitrogens with zero attached hydrogens (tertiary/aromatic N) is 1. The Kier molecular flexibility index (Phi) is 4.71. The summed E-state index contributed by atoms with van der Waals surface area (Å²) in [6.07, 6.45) is 0.342. The van der Waals surface area contributed by atoms with Crippen LogP contribution in [0.25, 0.3) is 10.2 Å². The lowest BCUT2D eigenvalue weighted by atomic mass is 10.3. The number of hydrogen-bond donors (Lipinski definition) is 1. The highest BCUT2D eigenvalue weighted by molar-refractivity contribution is 7.91. The zero-order valence-electron chi connectivity index (χ0n) is 14.2. The molecule has 1 amide bonds. The van der Waals surface area contributed by atoms with Gasteiger partial charge in [-0.1, -0.05) is 29.5 Å². The minimum absolute atomic E-state index is 0.0777. The standard InChI is InChI=1S/C18H16N2O5S2/c21-17(7-4-8-27(22,23)12-5-2-1-3-6-12)20-18-19-13-9-14-15(25-11-24-14)10-16(13)26-18/h1-3,5-6,9-10H,4,7-8,11H2,(H,19,20,21). The molecule has 1 aliphatic rings. The van der Waals surface area contributed by atoms with Crippen LogP contribution in [-0.4, -0.2) is 31.9 Å². The van der Waals surface area contributed by atoms with E-state index in [0.717, 1.165) is 4.70 Å². The van der Waals surface area contributed by atoms with E-state index < -0.39 is 9.84 Å². The number of nitrogens with one attached hydrogen (secondary N) is 1. The molecule has 0 fully saturated rings. The zero-order valence-corrected chi connectivity index (χ0v) is 15.8. The first kappa shape index (κ1) is 17.7. The van der Waals surface area contributed by atoms with E-state index in [1.807, 2.05) is 6.07 Å². The molecule has 0 bridgehead atoms. The Morgan fingerprint density at radius 3 is 2.67 bits per heavy atom. The van der Waals surface area contributed by atoms with E-state index in [-0.39, 0.29) is 36.2 Å². The van der Waals surface area contributed by atoms with Gasteiger partial charge in [0, 0.05) is 18.6 Å². The first-order valence-electron chi connectivity index (χ1n) is 8.29. The monoisotopic (exact) mass is 404 g/mol. The fourth-order valence-corrected chi connectivity index (χ4v) is 4.95. The van der Waals surface area contributed by atoms with Crippen LogP contribution in [0.5, 0.6) is 11.5 Å². The Labute approximate surface area is 159 Å². The van der Waals surface area contributed by atoms with E-state index >= 15 is 0 Å². The van der Waals surface area contributed by atoms with Crippen molar-refractivity contribution in [1.82, 2.24) is 4.98 Å². The van der Waals surface area contributed by atoms with Gasteiger partial charge in [-0.2, -0.15) is 0 Å². The molecule has 3 aromatic rings. The molecule has 0 atom stereocenters. The molecular weight excluding hydrogens is 388 g/mol. The van der Waals surface area contributed by atoms with E-state index in [9.17, 15) is 13.2 Å². The highest BCUT2D eigenvalue weighted by Gasteiger charge is 2.18. The minimum Gasteiger partial charge on any atom is -0.454 e. The molecular formula is C18H16N2O5S2. The third-order valence-electron chi connectivity index (χ3n) is 4.05. The van der Waals surface area contributed by atoms with E-state index in [1.165, 1.54) is 11.3 Å². The maximum Gasteiger partial charge on any atom is 0.231 e. The molecule has 2 heterocycles. The molecule has 0 spiro atoms. The molecule has 7 nitrogen and oxygen atoms in total. The lowest BCUT2D eigenvalue weighted by molar-refractivity contribution is -0.116. The van der Waals surface area contributed by atoms with Gasteiger partial charge in [0.25, 0.3) is 0 Å². The van der Waals surface area contributed by atoms with Crippen molar-refractivity contribution in [2.24, 2.45) is 0 Å². The first-order valence-corrected chi connectivity index (χ1v) is 10.8. The summed E-state index contributed by atoms with van der Waals surface area (Å²) in [6.45, 7) is 0.197. The summed E-state index contributed by atoms with van der Waals surface area (Å²) in [5.41, 5.74) is 0.714. The van der Waals surface area contributed by atoms with Crippen molar-refractivity contribution in [2.75, 3.05) is 17.9 Å². The highest BCUT2D eigenvalue weighted by atomic mass is 32.2. The molecule has 27 heavy (non-hydrogen) atoms. The quantitative estimate of drug-likeness (QED) is 0.678. The van der Waals surface area contributed by atoms with E-state index in [2.05, 4.69) is 10.3 Å². The van der Waals surface area contributed by atoms with E-state index in [0.29, 0.717) is 22.1 Å². The van der Waals surface area contributed by atoms with Crippen molar-refractivity contribution in [1.29, 1.82) is 0 Å². The second-order valence-electron chi connectivity index (χ2n) is 5.98. The normalized spacial score (nSPS) is 13.0. The number of ether oxygens (including phenoxy) is 2. The van der Waals surface area contributed by atoms with Crippen LogP contribution in [-0.2, 0) is 14.6 Å². The van der Waals surface area contributed by atoms with Crippen LogP contribution in [0.3, 0.4) is 0 Å². The average molecular weight is 404 g/mol. The lowest BCUT2D eigenvalue weighted by Crippen LogP contribution is -2.14. The summed E-state index contributed by atoms with van der Waals surface area (Å²) < 4.78 is 36.0.